The molecule has 0 saturated carbocycles. The average molecular weight is 394 g/mol. The molecule has 26 heavy (non-hydrogen) atoms. The fraction of sp³-hybridized carbons (Fsp3) is 0.222. The molecule has 0 aliphatic carbocycles. The van der Waals surface area contributed by atoms with Crippen LogP contribution >= 0.6 is 11.6 Å². The minimum atomic E-state index is -3.64. The fourth-order valence-corrected chi connectivity index (χ4v) is 3.16. The molecule has 2 rings (SSSR count). The van der Waals surface area contributed by atoms with Gasteiger partial charge in [0, 0.05) is 5.02 Å². The molecule has 0 saturated heterocycles. The van der Waals surface area contributed by atoms with E-state index in [2.05, 4.69) is 10.5 Å². The first-order valence-electron chi connectivity index (χ1n) is 7.80. The summed E-state index contributed by atoms with van der Waals surface area (Å²) in [5, 5.41) is 4.52. The Bertz CT molecular complexity index is 908. The van der Waals surface area contributed by atoms with Crippen molar-refractivity contribution in [1.29, 1.82) is 0 Å². The average Bonchev–Trinajstić information content (AvgIpc) is 2.58. The second kappa shape index (κ2) is 8.33. The first-order chi connectivity index (χ1) is 12.2. The summed E-state index contributed by atoms with van der Waals surface area (Å²) in [5.74, 6) is -0.545. The highest BCUT2D eigenvalue weighted by Gasteiger charge is 2.20. The molecule has 138 valence electrons. The number of carbonyl (C=O) groups excluding carboxylic acids is 1. The van der Waals surface area contributed by atoms with Gasteiger partial charge in [0.05, 0.1) is 17.7 Å². The number of halogens is 1. The molecule has 6 nitrogen and oxygen atoms in total. The Balaban J connectivity index is 2.11. The normalized spacial score (nSPS) is 11.9. The van der Waals surface area contributed by atoms with Gasteiger partial charge in [0.25, 0.3) is 5.91 Å². The third-order valence-corrected chi connectivity index (χ3v) is 5.01. The predicted molar refractivity (Wildman–Crippen MR) is 105 cm³/mol. The van der Waals surface area contributed by atoms with E-state index >= 15 is 0 Å². The summed E-state index contributed by atoms with van der Waals surface area (Å²) >= 11 is 5.82. The molecule has 1 N–H and O–H groups in total. The second-order valence-corrected chi connectivity index (χ2v) is 8.19. The Morgan fingerprint density at radius 3 is 2.23 bits per heavy atom. The van der Waals surface area contributed by atoms with E-state index in [0.717, 1.165) is 21.7 Å². The lowest BCUT2D eigenvalue weighted by Gasteiger charge is -2.21. The number of anilines is 1. The molecular weight excluding hydrogens is 374 g/mol. The molecule has 0 radical (unpaired) electrons. The topological polar surface area (TPSA) is 78.8 Å². The molecule has 8 heteroatoms. The third kappa shape index (κ3) is 5.57. The quantitative estimate of drug-likeness (QED) is 0.605. The fourth-order valence-electron chi connectivity index (χ4n) is 2.18. The highest BCUT2D eigenvalue weighted by atomic mass is 35.5. The van der Waals surface area contributed by atoms with E-state index in [1.54, 1.807) is 19.1 Å². The molecular formula is C18H20ClN3O3S. The molecule has 2 aromatic rings. The number of aryl methyl sites for hydroxylation is 1. The summed E-state index contributed by atoms with van der Waals surface area (Å²) in [7, 11) is -3.64. The standard InChI is InChI=1S/C18H20ClN3O3S/c1-13-4-6-15(7-5-13)14(2)20-21-18(23)12-22(26(3,24)25)17-10-8-16(19)9-11-17/h4-11H,12H2,1-3H3,(H,21,23)/b20-14-. The molecule has 0 heterocycles. The number of hydrogen-bond donors (Lipinski definition) is 1. The van der Waals surface area contributed by atoms with E-state index in [-0.39, 0.29) is 6.54 Å². The van der Waals surface area contributed by atoms with Crippen molar-refractivity contribution in [3.63, 3.8) is 0 Å². The van der Waals surface area contributed by atoms with Crippen LogP contribution in [0.1, 0.15) is 18.1 Å². The van der Waals surface area contributed by atoms with Crippen molar-refractivity contribution in [2.75, 3.05) is 17.1 Å². The molecule has 0 atom stereocenters. The minimum Gasteiger partial charge on any atom is -0.271 e. The number of hydrogen-bond acceptors (Lipinski definition) is 4. The number of carbonyl (C=O) groups is 1. The molecule has 0 aliphatic rings. The van der Waals surface area contributed by atoms with Crippen molar-refractivity contribution < 1.29 is 13.2 Å². The molecule has 2 aromatic carbocycles. The molecule has 1 amide bonds. The smallest absolute Gasteiger partial charge is 0.260 e. The van der Waals surface area contributed by atoms with Gasteiger partial charge in [-0.2, -0.15) is 5.10 Å². The van der Waals surface area contributed by atoms with Crippen LogP contribution in [0.5, 0.6) is 0 Å². The molecule has 0 aromatic heterocycles. The summed E-state index contributed by atoms with van der Waals surface area (Å²) < 4.78 is 25.0. The van der Waals surface area contributed by atoms with Crippen LogP contribution in [-0.4, -0.2) is 32.8 Å². The van der Waals surface area contributed by atoms with Crippen LogP contribution in [0.4, 0.5) is 5.69 Å². The zero-order chi connectivity index (χ0) is 19.3. The highest BCUT2D eigenvalue weighted by molar-refractivity contribution is 7.92. The van der Waals surface area contributed by atoms with Crippen molar-refractivity contribution in [2.45, 2.75) is 13.8 Å². The molecule has 0 unspecified atom stereocenters. The number of rotatable bonds is 6. The van der Waals surface area contributed by atoms with Crippen LogP contribution in [0, 0.1) is 6.92 Å². The summed E-state index contributed by atoms with van der Waals surface area (Å²) in [5.41, 5.74) is 5.36. The lowest BCUT2D eigenvalue weighted by molar-refractivity contribution is -0.119. The molecule has 0 bridgehead atoms. The number of amides is 1. The van der Waals surface area contributed by atoms with Gasteiger partial charge in [-0.05, 0) is 43.7 Å². The zero-order valence-electron chi connectivity index (χ0n) is 14.7. The number of nitrogens with zero attached hydrogens (tertiary/aromatic N) is 2. The number of hydrazone groups is 1. The highest BCUT2D eigenvalue weighted by Crippen LogP contribution is 2.20. The Kier molecular flexibility index (Phi) is 6.39. The van der Waals surface area contributed by atoms with Gasteiger partial charge in [-0.1, -0.05) is 41.4 Å². The van der Waals surface area contributed by atoms with Crippen LogP contribution in [-0.2, 0) is 14.8 Å². The van der Waals surface area contributed by atoms with E-state index in [1.807, 2.05) is 31.2 Å². The lowest BCUT2D eigenvalue weighted by Crippen LogP contribution is -2.39. The van der Waals surface area contributed by atoms with E-state index < -0.39 is 15.9 Å². The third-order valence-electron chi connectivity index (χ3n) is 3.62. The van der Waals surface area contributed by atoms with E-state index in [4.69, 9.17) is 11.6 Å². The molecule has 0 aliphatic heterocycles. The number of benzene rings is 2. The van der Waals surface area contributed by atoms with Gasteiger partial charge in [-0.3, -0.25) is 9.10 Å². The largest absolute Gasteiger partial charge is 0.271 e. The van der Waals surface area contributed by atoms with Crippen molar-refractivity contribution >= 4 is 38.9 Å². The van der Waals surface area contributed by atoms with Crippen LogP contribution in [0.3, 0.4) is 0 Å². The monoisotopic (exact) mass is 393 g/mol. The first-order valence-corrected chi connectivity index (χ1v) is 10.0. The maximum absolute atomic E-state index is 12.2. The van der Waals surface area contributed by atoms with Crippen LogP contribution in [0.15, 0.2) is 53.6 Å². The van der Waals surface area contributed by atoms with Gasteiger partial charge in [0.15, 0.2) is 0 Å². The molecule has 0 fully saturated rings. The predicted octanol–water partition coefficient (Wildman–Crippen LogP) is 2.95. The summed E-state index contributed by atoms with van der Waals surface area (Å²) in [6.07, 6.45) is 1.04. The second-order valence-electron chi connectivity index (χ2n) is 5.84. The SMILES string of the molecule is C/C(=N/NC(=O)CN(c1ccc(Cl)cc1)S(C)(=O)=O)c1ccc(C)cc1. The van der Waals surface area contributed by atoms with Crippen molar-refractivity contribution in [3.05, 3.63) is 64.7 Å². The van der Waals surface area contributed by atoms with E-state index in [1.165, 1.54) is 12.1 Å². The maximum Gasteiger partial charge on any atom is 0.260 e. The Hall–Kier alpha value is -2.38. The Morgan fingerprint density at radius 2 is 1.69 bits per heavy atom. The summed E-state index contributed by atoms with van der Waals surface area (Å²) in [4.78, 5) is 12.2. The number of nitrogens with one attached hydrogen (secondary N) is 1. The van der Waals surface area contributed by atoms with E-state index in [0.29, 0.717) is 16.4 Å². The van der Waals surface area contributed by atoms with Gasteiger partial charge < -0.3 is 0 Å². The first kappa shape index (κ1) is 19.9. The minimum absolute atomic E-state index is 0.353. The van der Waals surface area contributed by atoms with Crippen LogP contribution in [0.2, 0.25) is 5.02 Å². The van der Waals surface area contributed by atoms with Gasteiger partial charge >= 0.3 is 0 Å². The Morgan fingerprint density at radius 1 is 1.12 bits per heavy atom. The maximum atomic E-state index is 12.2. The Labute approximate surface area is 158 Å². The van der Waals surface area contributed by atoms with Gasteiger partial charge in [-0.15, -0.1) is 0 Å². The zero-order valence-corrected chi connectivity index (χ0v) is 16.3. The summed E-state index contributed by atoms with van der Waals surface area (Å²) in [6.45, 7) is 3.36. The van der Waals surface area contributed by atoms with Crippen LogP contribution in [0.25, 0.3) is 0 Å². The van der Waals surface area contributed by atoms with Crippen LogP contribution < -0.4 is 9.73 Å². The molecule has 0 spiro atoms. The van der Waals surface area contributed by atoms with Crippen molar-refractivity contribution in [1.82, 2.24) is 5.43 Å². The summed E-state index contributed by atoms with van der Waals surface area (Å²) in [6, 6.07) is 13.9. The lowest BCUT2D eigenvalue weighted by atomic mass is 10.1. The number of sulfonamides is 1. The van der Waals surface area contributed by atoms with E-state index in [9.17, 15) is 13.2 Å². The van der Waals surface area contributed by atoms with Gasteiger partial charge in [0.2, 0.25) is 10.0 Å². The van der Waals surface area contributed by atoms with Crippen molar-refractivity contribution in [3.8, 4) is 0 Å². The van der Waals surface area contributed by atoms with Gasteiger partial charge in [0.1, 0.15) is 6.54 Å². The van der Waals surface area contributed by atoms with Crippen molar-refractivity contribution in [2.24, 2.45) is 5.10 Å². The van der Waals surface area contributed by atoms with Gasteiger partial charge in [-0.25, -0.2) is 13.8 Å².